The second-order valence-corrected chi connectivity index (χ2v) is 4.07. The Morgan fingerprint density at radius 1 is 1.25 bits per heavy atom. The molecule has 0 saturated heterocycles. The van der Waals surface area contributed by atoms with Crippen LogP contribution in [0.3, 0.4) is 0 Å². The molecule has 4 heterocycles. The van der Waals surface area contributed by atoms with E-state index in [0.29, 0.717) is 28.0 Å². The molecule has 0 aliphatic rings. The van der Waals surface area contributed by atoms with Crippen molar-refractivity contribution in [2.45, 2.75) is 0 Å². The van der Waals surface area contributed by atoms with Crippen molar-refractivity contribution >= 4 is 33.4 Å². The van der Waals surface area contributed by atoms with E-state index in [1.165, 1.54) is 4.52 Å². The molecular formula is C11H5N9. The molecule has 0 amide bonds. The zero-order chi connectivity index (χ0) is 13.5. The largest absolute Gasteiger partial charge is 0.237 e. The summed E-state index contributed by atoms with van der Waals surface area (Å²) in [5, 5.41) is 16.5. The van der Waals surface area contributed by atoms with Crippen LogP contribution in [0.25, 0.3) is 38.2 Å². The van der Waals surface area contributed by atoms with Gasteiger partial charge in [-0.3, -0.25) is 0 Å². The quantitative estimate of drug-likeness (QED) is 0.225. The molecule has 0 unspecified atom stereocenters. The Labute approximate surface area is 110 Å². The van der Waals surface area contributed by atoms with Gasteiger partial charge in [-0.05, 0) is 40.2 Å². The van der Waals surface area contributed by atoms with Crippen molar-refractivity contribution in [3.63, 3.8) is 0 Å². The van der Waals surface area contributed by atoms with Crippen molar-refractivity contribution in [2.24, 2.45) is 5.11 Å². The van der Waals surface area contributed by atoms with Gasteiger partial charge in [0.2, 0.25) is 0 Å². The fourth-order valence-electron chi connectivity index (χ4n) is 2.11. The lowest BCUT2D eigenvalue weighted by atomic mass is 10.2. The van der Waals surface area contributed by atoms with Crippen LogP contribution in [0.2, 0.25) is 0 Å². The maximum Gasteiger partial charge on any atom is 0.181 e. The highest BCUT2D eigenvalue weighted by Gasteiger charge is 2.08. The van der Waals surface area contributed by atoms with Crippen LogP contribution in [-0.4, -0.2) is 30.0 Å². The molecule has 0 bridgehead atoms. The number of hydrogen-bond acceptors (Lipinski definition) is 6. The molecule has 0 radical (unpaired) electrons. The molecule has 0 atom stereocenters. The van der Waals surface area contributed by atoms with E-state index in [1.807, 2.05) is 12.1 Å². The molecule has 0 spiro atoms. The predicted molar refractivity (Wildman–Crippen MR) is 70.2 cm³/mol. The third-order valence-corrected chi connectivity index (χ3v) is 2.97. The monoisotopic (exact) mass is 263 g/mol. The Hall–Kier alpha value is -3.32. The maximum atomic E-state index is 8.59. The summed E-state index contributed by atoms with van der Waals surface area (Å²) in [6, 6.07) is 7.15. The maximum absolute atomic E-state index is 8.59. The molecule has 0 aromatic carbocycles. The number of aromatic nitrogens is 6. The van der Waals surface area contributed by atoms with Crippen molar-refractivity contribution in [1.82, 2.24) is 30.0 Å². The summed E-state index contributed by atoms with van der Waals surface area (Å²) >= 11 is 0. The van der Waals surface area contributed by atoms with Crippen molar-refractivity contribution in [3.8, 4) is 0 Å². The molecule has 4 rings (SSSR count). The number of nitrogens with zero attached hydrogens (tertiary/aromatic N) is 9. The number of pyridine rings is 3. The molecule has 20 heavy (non-hydrogen) atoms. The number of fused-ring (bicyclic) bond motifs is 4. The molecule has 0 N–H and O–H groups in total. The molecule has 0 fully saturated rings. The van der Waals surface area contributed by atoms with Gasteiger partial charge in [-0.15, -0.1) is 5.10 Å². The predicted octanol–water partition coefficient (Wildman–Crippen LogP) is 2.16. The summed E-state index contributed by atoms with van der Waals surface area (Å²) in [6.07, 6.45) is 1.55. The van der Waals surface area contributed by atoms with Crippen LogP contribution in [0, 0.1) is 0 Å². The smallest absolute Gasteiger partial charge is 0.181 e. The van der Waals surface area contributed by atoms with Crippen molar-refractivity contribution in [1.29, 1.82) is 0 Å². The first kappa shape index (κ1) is 10.6. The Bertz CT molecular complexity index is 1010. The van der Waals surface area contributed by atoms with Crippen molar-refractivity contribution in [2.75, 3.05) is 0 Å². The summed E-state index contributed by atoms with van der Waals surface area (Å²) in [6.45, 7) is 0. The average Bonchev–Trinajstić information content (AvgIpc) is 2.95. The summed E-state index contributed by atoms with van der Waals surface area (Å²) < 4.78 is 1.54. The molecule has 9 nitrogen and oxygen atoms in total. The van der Waals surface area contributed by atoms with E-state index in [0.717, 1.165) is 5.39 Å². The van der Waals surface area contributed by atoms with Crippen molar-refractivity contribution in [3.05, 3.63) is 40.9 Å². The van der Waals surface area contributed by atoms with Gasteiger partial charge >= 0.3 is 0 Å². The van der Waals surface area contributed by atoms with E-state index >= 15 is 0 Å². The fourth-order valence-corrected chi connectivity index (χ4v) is 2.11. The van der Waals surface area contributed by atoms with Gasteiger partial charge in [-0.1, -0.05) is 5.11 Å². The highest BCUT2D eigenvalue weighted by atomic mass is 15.5. The first-order chi connectivity index (χ1) is 9.86. The summed E-state index contributed by atoms with van der Waals surface area (Å²) in [5.41, 5.74) is 10.8. The molecule has 9 heteroatoms. The Balaban J connectivity index is 2.21. The fraction of sp³-hybridized carbons (Fsp3) is 0. The van der Waals surface area contributed by atoms with E-state index in [2.05, 4.69) is 35.5 Å². The second kappa shape index (κ2) is 3.84. The van der Waals surface area contributed by atoms with E-state index in [4.69, 9.17) is 5.53 Å². The third kappa shape index (κ3) is 1.38. The summed E-state index contributed by atoms with van der Waals surface area (Å²) in [7, 11) is 0. The molecule has 94 valence electrons. The zero-order valence-corrected chi connectivity index (χ0v) is 9.91. The van der Waals surface area contributed by atoms with Gasteiger partial charge in [0, 0.05) is 21.9 Å². The Morgan fingerprint density at radius 2 is 2.20 bits per heavy atom. The van der Waals surface area contributed by atoms with Gasteiger partial charge in [0.05, 0.1) is 5.69 Å². The van der Waals surface area contributed by atoms with Gasteiger partial charge in [0.25, 0.3) is 0 Å². The van der Waals surface area contributed by atoms with Crippen LogP contribution in [0.5, 0.6) is 0 Å². The number of azide groups is 1. The SMILES string of the molecule is [N-]=[N+]=Nc1ccnc2nc3c(ccc4nnnn43)cc12. The minimum absolute atomic E-state index is 0.477. The summed E-state index contributed by atoms with van der Waals surface area (Å²) in [5.74, 6) is 0. The number of tetrazole rings is 1. The Morgan fingerprint density at radius 3 is 3.10 bits per heavy atom. The van der Waals surface area contributed by atoms with E-state index in [-0.39, 0.29) is 0 Å². The topological polar surface area (TPSA) is 118 Å². The Kier molecular flexibility index (Phi) is 2.03. The van der Waals surface area contributed by atoms with E-state index in [9.17, 15) is 0 Å². The lowest BCUT2D eigenvalue weighted by molar-refractivity contribution is 0.836. The first-order valence-electron chi connectivity index (χ1n) is 5.68. The minimum atomic E-state index is 0.477. The van der Waals surface area contributed by atoms with E-state index in [1.54, 1.807) is 18.3 Å². The molecule has 4 aromatic rings. The second-order valence-electron chi connectivity index (χ2n) is 4.07. The number of rotatable bonds is 1. The van der Waals surface area contributed by atoms with Gasteiger partial charge in [0.15, 0.2) is 16.9 Å². The minimum Gasteiger partial charge on any atom is -0.237 e. The standard InChI is InChI=1S/C11H5N9/c12-17-15-8-3-4-13-10-7(8)5-6-1-2-9-16-18-19-20(9)11(6)14-10/h1-5H. The average molecular weight is 263 g/mol. The highest BCUT2D eigenvalue weighted by molar-refractivity contribution is 5.96. The molecule has 0 aliphatic heterocycles. The molecule has 4 aromatic heterocycles. The van der Waals surface area contributed by atoms with Crippen LogP contribution >= 0.6 is 0 Å². The molecular weight excluding hydrogens is 258 g/mol. The van der Waals surface area contributed by atoms with Crippen LogP contribution in [0.4, 0.5) is 5.69 Å². The lowest BCUT2D eigenvalue weighted by Gasteiger charge is -2.03. The van der Waals surface area contributed by atoms with Gasteiger partial charge in [-0.2, -0.15) is 4.52 Å². The molecule has 0 aliphatic carbocycles. The van der Waals surface area contributed by atoms with Gasteiger partial charge < -0.3 is 0 Å². The van der Waals surface area contributed by atoms with Crippen LogP contribution in [0.15, 0.2) is 35.6 Å². The lowest BCUT2D eigenvalue weighted by Crippen LogP contribution is -1.95. The first-order valence-corrected chi connectivity index (χ1v) is 5.68. The van der Waals surface area contributed by atoms with Gasteiger partial charge in [-0.25, -0.2) is 9.97 Å². The van der Waals surface area contributed by atoms with Crippen molar-refractivity contribution < 1.29 is 0 Å². The van der Waals surface area contributed by atoms with Crippen LogP contribution < -0.4 is 0 Å². The molecule has 0 saturated carbocycles. The normalized spacial score (nSPS) is 11.0. The van der Waals surface area contributed by atoms with Gasteiger partial charge in [0.1, 0.15) is 0 Å². The highest BCUT2D eigenvalue weighted by Crippen LogP contribution is 2.26. The van der Waals surface area contributed by atoms with Crippen LogP contribution in [-0.2, 0) is 0 Å². The van der Waals surface area contributed by atoms with E-state index < -0.39 is 0 Å². The zero-order valence-electron chi connectivity index (χ0n) is 9.91. The summed E-state index contributed by atoms with van der Waals surface area (Å²) in [4.78, 5) is 11.4. The third-order valence-electron chi connectivity index (χ3n) is 2.97. The van der Waals surface area contributed by atoms with Crippen LogP contribution in [0.1, 0.15) is 0 Å². The number of hydrogen-bond donors (Lipinski definition) is 0.